The largest absolute Gasteiger partial charge is 0.350 e. The van der Waals surface area contributed by atoms with Crippen LogP contribution in [0.5, 0.6) is 0 Å². The number of hydrogen-bond donors (Lipinski definition) is 1. The Hall–Kier alpha value is -2.87. The van der Waals surface area contributed by atoms with Gasteiger partial charge in [-0.25, -0.2) is 13.5 Å². The second-order valence-electron chi connectivity index (χ2n) is 5.66. The van der Waals surface area contributed by atoms with Gasteiger partial charge < -0.3 is 5.32 Å². The summed E-state index contributed by atoms with van der Waals surface area (Å²) in [6, 6.07) is 9.01. The quantitative estimate of drug-likeness (QED) is 0.745. The van der Waals surface area contributed by atoms with Crippen molar-refractivity contribution >= 4 is 17.2 Å². The Morgan fingerprint density at radius 1 is 1.27 bits per heavy atom. The van der Waals surface area contributed by atoms with Gasteiger partial charge in [0, 0.05) is 12.6 Å². The molecular formula is C18H15F2N3O2S. The van der Waals surface area contributed by atoms with Crippen LogP contribution in [0.2, 0.25) is 0 Å². The first-order chi connectivity index (χ1) is 12.5. The van der Waals surface area contributed by atoms with Crippen molar-refractivity contribution in [2.75, 3.05) is 6.54 Å². The van der Waals surface area contributed by atoms with E-state index in [9.17, 15) is 18.4 Å². The van der Waals surface area contributed by atoms with Crippen molar-refractivity contribution in [1.82, 2.24) is 15.1 Å². The topological polar surface area (TPSA) is 64.0 Å². The maximum Gasteiger partial charge on any atom is 0.267 e. The lowest BCUT2D eigenvalue weighted by molar-refractivity contribution is 0.0943. The van der Waals surface area contributed by atoms with Crippen molar-refractivity contribution in [3.8, 4) is 10.6 Å². The van der Waals surface area contributed by atoms with Crippen LogP contribution >= 0.6 is 11.3 Å². The molecule has 3 aromatic rings. The Bertz CT molecular complexity index is 986. The molecule has 3 rings (SSSR count). The zero-order valence-corrected chi connectivity index (χ0v) is 14.6. The molecule has 1 unspecified atom stereocenters. The number of benzene rings is 1. The highest BCUT2D eigenvalue weighted by Crippen LogP contribution is 2.21. The monoisotopic (exact) mass is 375 g/mol. The number of rotatable bonds is 5. The molecule has 1 amide bonds. The Kier molecular flexibility index (Phi) is 5.22. The summed E-state index contributed by atoms with van der Waals surface area (Å²) < 4.78 is 28.1. The molecule has 0 radical (unpaired) electrons. The van der Waals surface area contributed by atoms with Crippen LogP contribution in [-0.4, -0.2) is 22.2 Å². The molecule has 8 heteroatoms. The van der Waals surface area contributed by atoms with E-state index in [1.807, 2.05) is 17.5 Å². The van der Waals surface area contributed by atoms with E-state index in [1.165, 1.54) is 22.1 Å². The average molecular weight is 375 g/mol. The van der Waals surface area contributed by atoms with E-state index in [0.29, 0.717) is 5.69 Å². The van der Waals surface area contributed by atoms with E-state index in [4.69, 9.17) is 0 Å². The predicted octanol–water partition coefficient (Wildman–Crippen LogP) is 3.24. The number of aromatic nitrogens is 2. The predicted molar refractivity (Wildman–Crippen MR) is 95.2 cm³/mol. The lowest BCUT2D eigenvalue weighted by Crippen LogP contribution is -2.35. The molecule has 0 saturated carbocycles. The van der Waals surface area contributed by atoms with E-state index in [0.717, 1.165) is 23.1 Å². The molecule has 0 spiro atoms. The van der Waals surface area contributed by atoms with Crippen LogP contribution in [0.4, 0.5) is 8.78 Å². The number of nitrogens with zero attached hydrogens (tertiary/aromatic N) is 2. The van der Waals surface area contributed by atoms with Crippen molar-refractivity contribution < 1.29 is 13.6 Å². The maximum atomic E-state index is 13.6. The van der Waals surface area contributed by atoms with Crippen molar-refractivity contribution in [1.29, 1.82) is 0 Å². The molecule has 134 valence electrons. The van der Waals surface area contributed by atoms with Crippen molar-refractivity contribution in [2.24, 2.45) is 0 Å². The molecule has 0 fully saturated rings. The van der Waals surface area contributed by atoms with Crippen LogP contribution in [0.3, 0.4) is 0 Å². The zero-order valence-electron chi connectivity index (χ0n) is 13.8. The molecule has 1 N–H and O–H groups in total. The molecule has 2 heterocycles. The minimum Gasteiger partial charge on any atom is -0.350 e. The summed E-state index contributed by atoms with van der Waals surface area (Å²) in [4.78, 5) is 25.1. The number of thiophene rings is 1. The average Bonchev–Trinajstić information content (AvgIpc) is 3.16. The van der Waals surface area contributed by atoms with Gasteiger partial charge in [0.25, 0.3) is 11.5 Å². The van der Waals surface area contributed by atoms with E-state index in [1.54, 1.807) is 13.0 Å². The Morgan fingerprint density at radius 2 is 2.08 bits per heavy atom. The molecule has 0 bridgehead atoms. The molecular weight excluding hydrogens is 360 g/mol. The molecule has 0 aliphatic heterocycles. The summed E-state index contributed by atoms with van der Waals surface area (Å²) in [6.45, 7) is 1.74. The number of carbonyl (C=O) groups excluding carboxylic acids is 1. The molecule has 5 nitrogen and oxygen atoms in total. The number of carbonyl (C=O) groups is 1. The summed E-state index contributed by atoms with van der Waals surface area (Å²) in [5.41, 5.74) is -0.0530. The van der Waals surface area contributed by atoms with Gasteiger partial charge in [-0.15, -0.1) is 11.3 Å². The Labute approximate surface area is 151 Å². The van der Waals surface area contributed by atoms with Crippen LogP contribution in [0.15, 0.2) is 52.6 Å². The van der Waals surface area contributed by atoms with Crippen LogP contribution in [0.25, 0.3) is 10.6 Å². The fraction of sp³-hybridized carbons (Fsp3) is 0.167. The fourth-order valence-corrected chi connectivity index (χ4v) is 3.08. The first kappa shape index (κ1) is 17.9. The van der Waals surface area contributed by atoms with Gasteiger partial charge in [0.15, 0.2) is 0 Å². The van der Waals surface area contributed by atoms with E-state index >= 15 is 0 Å². The molecule has 26 heavy (non-hydrogen) atoms. The second kappa shape index (κ2) is 7.57. The summed E-state index contributed by atoms with van der Waals surface area (Å²) in [5, 5.41) is 8.74. The zero-order chi connectivity index (χ0) is 18.7. The number of halogens is 2. The normalized spacial score (nSPS) is 12.0. The minimum atomic E-state index is -0.813. The highest BCUT2D eigenvalue weighted by molar-refractivity contribution is 7.13. The standard InChI is InChI=1S/C18H15F2N3O2S/c1-11(10-21-18(25)13-9-12(19)4-5-14(13)20)23-17(24)7-6-15(22-23)16-3-2-8-26-16/h2-9,11H,10H2,1H3,(H,21,25). The van der Waals surface area contributed by atoms with Crippen LogP contribution in [-0.2, 0) is 0 Å². The second-order valence-corrected chi connectivity index (χ2v) is 6.61. The van der Waals surface area contributed by atoms with Gasteiger partial charge in [0.2, 0.25) is 0 Å². The first-order valence-electron chi connectivity index (χ1n) is 7.82. The van der Waals surface area contributed by atoms with Crippen LogP contribution in [0, 0.1) is 11.6 Å². The summed E-state index contributed by atoms with van der Waals surface area (Å²) in [7, 11) is 0. The lowest BCUT2D eigenvalue weighted by Gasteiger charge is -2.15. The molecule has 2 aromatic heterocycles. The number of hydrogen-bond acceptors (Lipinski definition) is 4. The third-order valence-corrected chi connectivity index (χ3v) is 4.64. The van der Waals surface area contributed by atoms with Gasteiger partial charge in [0.1, 0.15) is 17.3 Å². The number of nitrogens with one attached hydrogen (secondary N) is 1. The van der Waals surface area contributed by atoms with Gasteiger partial charge in [-0.3, -0.25) is 9.59 Å². The molecule has 1 aromatic carbocycles. The first-order valence-corrected chi connectivity index (χ1v) is 8.70. The van der Waals surface area contributed by atoms with E-state index in [-0.39, 0.29) is 17.7 Å². The lowest BCUT2D eigenvalue weighted by atomic mass is 10.2. The number of amides is 1. The summed E-state index contributed by atoms with van der Waals surface area (Å²) in [5.74, 6) is -2.27. The molecule has 0 saturated heterocycles. The highest BCUT2D eigenvalue weighted by atomic mass is 32.1. The van der Waals surface area contributed by atoms with Crippen molar-refractivity contribution in [3.63, 3.8) is 0 Å². The smallest absolute Gasteiger partial charge is 0.267 e. The SMILES string of the molecule is CC(CNC(=O)c1cc(F)ccc1F)n1nc(-c2cccs2)ccc1=O. The van der Waals surface area contributed by atoms with E-state index < -0.39 is 23.6 Å². The van der Waals surface area contributed by atoms with Gasteiger partial charge in [-0.1, -0.05) is 6.07 Å². The summed E-state index contributed by atoms with van der Waals surface area (Å²) in [6.07, 6.45) is 0. The van der Waals surface area contributed by atoms with Gasteiger partial charge in [-0.2, -0.15) is 5.10 Å². The third-order valence-electron chi connectivity index (χ3n) is 3.75. The third kappa shape index (κ3) is 3.85. The van der Waals surface area contributed by atoms with Gasteiger partial charge >= 0.3 is 0 Å². The molecule has 0 aliphatic rings. The van der Waals surface area contributed by atoms with Crippen LogP contribution < -0.4 is 10.9 Å². The Morgan fingerprint density at radius 3 is 2.81 bits per heavy atom. The van der Waals surface area contributed by atoms with Crippen molar-refractivity contribution in [2.45, 2.75) is 13.0 Å². The highest BCUT2D eigenvalue weighted by Gasteiger charge is 2.16. The van der Waals surface area contributed by atoms with Crippen molar-refractivity contribution in [3.05, 3.63) is 75.4 Å². The van der Waals surface area contributed by atoms with Crippen LogP contribution in [0.1, 0.15) is 23.3 Å². The summed E-state index contributed by atoms with van der Waals surface area (Å²) >= 11 is 1.50. The Balaban J connectivity index is 1.75. The maximum absolute atomic E-state index is 13.6. The molecule has 1 atom stereocenters. The van der Waals surface area contributed by atoms with Gasteiger partial charge in [0.05, 0.1) is 16.5 Å². The van der Waals surface area contributed by atoms with E-state index in [2.05, 4.69) is 10.4 Å². The fourth-order valence-electron chi connectivity index (χ4n) is 2.39. The van der Waals surface area contributed by atoms with Gasteiger partial charge in [-0.05, 0) is 42.6 Å². The molecule has 0 aliphatic carbocycles. The minimum absolute atomic E-state index is 0.0373.